The summed E-state index contributed by atoms with van der Waals surface area (Å²) in [5.74, 6) is 0.289. The van der Waals surface area contributed by atoms with Crippen LogP contribution in [0.3, 0.4) is 0 Å². The lowest BCUT2D eigenvalue weighted by molar-refractivity contribution is 0.404. The molecule has 0 radical (unpaired) electrons. The second-order valence-electron chi connectivity index (χ2n) is 4.77. The van der Waals surface area contributed by atoms with Crippen molar-refractivity contribution in [2.75, 3.05) is 7.11 Å². The molecule has 1 unspecified atom stereocenters. The van der Waals surface area contributed by atoms with Crippen LogP contribution in [0.1, 0.15) is 28.3 Å². The summed E-state index contributed by atoms with van der Waals surface area (Å²) in [5, 5.41) is 0.352. The maximum atomic E-state index is 14.0. The van der Waals surface area contributed by atoms with Crippen molar-refractivity contribution >= 4 is 11.6 Å². The Labute approximate surface area is 123 Å². The lowest BCUT2D eigenvalue weighted by Crippen LogP contribution is -2.15. The summed E-state index contributed by atoms with van der Waals surface area (Å²) in [7, 11) is 1.59. The normalized spacial score (nSPS) is 12.3. The Morgan fingerprint density at radius 1 is 1.15 bits per heavy atom. The van der Waals surface area contributed by atoms with Crippen molar-refractivity contribution in [1.29, 1.82) is 0 Å². The van der Waals surface area contributed by atoms with Crippen molar-refractivity contribution < 1.29 is 9.13 Å². The minimum absolute atomic E-state index is 0.352. The van der Waals surface area contributed by atoms with Crippen LogP contribution in [-0.4, -0.2) is 7.11 Å². The Bertz CT molecular complexity index is 643. The molecular weight excluding hydrogens is 277 g/mol. The van der Waals surface area contributed by atoms with E-state index < -0.39 is 11.9 Å². The number of rotatable bonds is 3. The number of ether oxygens (including phenoxy) is 1. The standard InChI is InChI=1S/C16H17ClFNO/c1-9-4-6-13(16(20-3)10(9)2)15(19)12-7-5-11(17)8-14(12)18/h4-8,15H,19H2,1-3H3. The van der Waals surface area contributed by atoms with Crippen LogP contribution in [0.5, 0.6) is 5.75 Å². The Hall–Kier alpha value is -1.58. The highest BCUT2D eigenvalue weighted by atomic mass is 35.5. The smallest absolute Gasteiger partial charge is 0.129 e. The molecule has 2 rings (SSSR count). The highest BCUT2D eigenvalue weighted by molar-refractivity contribution is 6.30. The summed E-state index contributed by atoms with van der Waals surface area (Å²) in [6.07, 6.45) is 0. The summed E-state index contributed by atoms with van der Waals surface area (Å²) >= 11 is 5.77. The molecule has 106 valence electrons. The van der Waals surface area contributed by atoms with Gasteiger partial charge in [0.25, 0.3) is 0 Å². The molecule has 0 aliphatic carbocycles. The second kappa shape index (κ2) is 5.81. The Morgan fingerprint density at radius 3 is 2.40 bits per heavy atom. The van der Waals surface area contributed by atoms with E-state index in [0.717, 1.165) is 16.7 Å². The zero-order valence-electron chi connectivity index (χ0n) is 11.7. The van der Waals surface area contributed by atoms with Gasteiger partial charge in [0.1, 0.15) is 11.6 Å². The second-order valence-corrected chi connectivity index (χ2v) is 5.21. The molecule has 0 aromatic heterocycles. The maximum absolute atomic E-state index is 14.0. The highest BCUT2D eigenvalue weighted by Crippen LogP contribution is 2.34. The van der Waals surface area contributed by atoms with E-state index >= 15 is 0 Å². The van der Waals surface area contributed by atoms with Crippen molar-refractivity contribution in [1.82, 2.24) is 0 Å². The van der Waals surface area contributed by atoms with Gasteiger partial charge in [-0.1, -0.05) is 29.8 Å². The molecule has 1 atom stereocenters. The van der Waals surface area contributed by atoms with Crippen LogP contribution in [0.15, 0.2) is 30.3 Å². The van der Waals surface area contributed by atoms with E-state index in [1.807, 2.05) is 26.0 Å². The van der Waals surface area contributed by atoms with Crippen molar-refractivity contribution in [3.8, 4) is 5.75 Å². The van der Waals surface area contributed by atoms with Crippen molar-refractivity contribution in [2.45, 2.75) is 19.9 Å². The van der Waals surface area contributed by atoms with Crippen LogP contribution in [-0.2, 0) is 0 Å². The molecule has 0 saturated heterocycles. The van der Waals surface area contributed by atoms with Gasteiger partial charge >= 0.3 is 0 Å². The number of methoxy groups -OCH3 is 1. The van der Waals surface area contributed by atoms with Gasteiger partial charge in [0.15, 0.2) is 0 Å². The minimum Gasteiger partial charge on any atom is -0.496 e. The molecule has 0 aliphatic heterocycles. The van der Waals surface area contributed by atoms with Gasteiger partial charge in [-0.05, 0) is 37.1 Å². The van der Waals surface area contributed by atoms with Gasteiger partial charge in [-0.2, -0.15) is 0 Å². The fourth-order valence-corrected chi connectivity index (χ4v) is 2.41. The molecular formula is C16H17ClFNO. The first kappa shape index (κ1) is 14.8. The molecule has 2 aromatic carbocycles. The third-order valence-corrected chi connectivity index (χ3v) is 3.78. The number of hydrogen-bond acceptors (Lipinski definition) is 2. The first-order chi connectivity index (χ1) is 9.45. The SMILES string of the molecule is COc1c(C(N)c2ccc(Cl)cc2F)ccc(C)c1C. The first-order valence-corrected chi connectivity index (χ1v) is 6.68. The third kappa shape index (κ3) is 2.65. The zero-order valence-corrected chi connectivity index (χ0v) is 12.5. The molecule has 0 amide bonds. The van der Waals surface area contributed by atoms with Gasteiger partial charge in [0, 0.05) is 16.1 Å². The number of aryl methyl sites for hydroxylation is 1. The third-order valence-electron chi connectivity index (χ3n) is 3.54. The van der Waals surface area contributed by atoms with Crippen molar-refractivity contribution in [3.63, 3.8) is 0 Å². The van der Waals surface area contributed by atoms with Gasteiger partial charge in [0.05, 0.1) is 13.2 Å². The fraction of sp³-hybridized carbons (Fsp3) is 0.250. The molecule has 0 aliphatic rings. The summed E-state index contributed by atoms with van der Waals surface area (Å²) in [6, 6.07) is 7.75. The number of benzene rings is 2. The van der Waals surface area contributed by atoms with Gasteiger partial charge in [-0.25, -0.2) is 4.39 Å². The largest absolute Gasteiger partial charge is 0.496 e. The summed E-state index contributed by atoms with van der Waals surface area (Å²) in [6.45, 7) is 3.96. The molecule has 20 heavy (non-hydrogen) atoms. The Kier molecular flexibility index (Phi) is 4.31. The van der Waals surface area contributed by atoms with Gasteiger partial charge in [0.2, 0.25) is 0 Å². The zero-order chi connectivity index (χ0) is 14.9. The molecule has 2 nitrogen and oxygen atoms in total. The van der Waals surface area contributed by atoms with Gasteiger partial charge in [-0.15, -0.1) is 0 Å². The van der Waals surface area contributed by atoms with Crippen LogP contribution in [0.2, 0.25) is 5.02 Å². The van der Waals surface area contributed by atoms with Crippen LogP contribution < -0.4 is 10.5 Å². The average Bonchev–Trinajstić information content (AvgIpc) is 2.41. The first-order valence-electron chi connectivity index (χ1n) is 6.30. The number of hydrogen-bond donors (Lipinski definition) is 1. The predicted octanol–water partition coefficient (Wildman–Crippen LogP) is 4.15. The van der Waals surface area contributed by atoms with Crippen LogP contribution in [0, 0.1) is 19.7 Å². The summed E-state index contributed by atoms with van der Waals surface area (Å²) < 4.78 is 19.4. The van der Waals surface area contributed by atoms with E-state index in [9.17, 15) is 4.39 Å². The lowest BCUT2D eigenvalue weighted by Gasteiger charge is -2.19. The molecule has 2 aromatic rings. The van der Waals surface area contributed by atoms with E-state index in [1.165, 1.54) is 6.07 Å². The molecule has 0 saturated carbocycles. The topological polar surface area (TPSA) is 35.2 Å². The molecule has 0 heterocycles. The predicted molar refractivity (Wildman–Crippen MR) is 79.9 cm³/mol. The van der Waals surface area contributed by atoms with Crippen molar-refractivity contribution in [3.05, 3.63) is 63.4 Å². The molecule has 0 bridgehead atoms. The van der Waals surface area contributed by atoms with E-state index in [-0.39, 0.29) is 0 Å². The average molecular weight is 294 g/mol. The Balaban J connectivity index is 2.53. The van der Waals surface area contributed by atoms with Crippen molar-refractivity contribution in [2.24, 2.45) is 5.73 Å². The monoisotopic (exact) mass is 293 g/mol. The molecule has 0 fully saturated rings. The van der Waals surface area contributed by atoms with Crippen LogP contribution in [0.4, 0.5) is 4.39 Å². The molecule has 4 heteroatoms. The summed E-state index contributed by atoms with van der Waals surface area (Å²) in [5.41, 5.74) is 9.47. The van der Waals surface area contributed by atoms with E-state index in [1.54, 1.807) is 19.2 Å². The lowest BCUT2D eigenvalue weighted by atomic mass is 9.94. The van der Waals surface area contributed by atoms with Gasteiger partial charge in [-0.3, -0.25) is 0 Å². The minimum atomic E-state index is -0.596. The highest BCUT2D eigenvalue weighted by Gasteiger charge is 2.19. The van der Waals surface area contributed by atoms with Gasteiger partial charge < -0.3 is 10.5 Å². The Morgan fingerprint density at radius 2 is 1.80 bits per heavy atom. The number of halogens is 2. The van der Waals surface area contributed by atoms with Crippen LogP contribution >= 0.6 is 11.6 Å². The summed E-state index contributed by atoms with van der Waals surface area (Å²) in [4.78, 5) is 0. The van der Waals surface area contributed by atoms with E-state index in [2.05, 4.69) is 0 Å². The molecule has 0 spiro atoms. The van der Waals surface area contributed by atoms with Crippen LogP contribution in [0.25, 0.3) is 0 Å². The number of nitrogens with two attached hydrogens (primary N) is 1. The fourth-order valence-electron chi connectivity index (χ4n) is 2.25. The maximum Gasteiger partial charge on any atom is 0.129 e. The quantitative estimate of drug-likeness (QED) is 0.922. The molecule has 2 N–H and O–H groups in total. The van der Waals surface area contributed by atoms with E-state index in [0.29, 0.717) is 16.3 Å². The van der Waals surface area contributed by atoms with E-state index in [4.69, 9.17) is 22.1 Å².